The van der Waals surface area contributed by atoms with Gasteiger partial charge in [-0.3, -0.25) is 9.78 Å². The van der Waals surface area contributed by atoms with E-state index in [0.29, 0.717) is 0 Å². The van der Waals surface area contributed by atoms with Gasteiger partial charge in [0.15, 0.2) is 0 Å². The molecule has 0 bridgehead atoms. The van der Waals surface area contributed by atoms with Crippen molar-refractivity contribution in [3.05, 3.63) is 54.4 Å². The number of aromatic nitrogens is 1. The summed E-state index contributed by atoms with van der Waals surface area (Å²) in [7, 11) is 0. The van der Waals surface area contributed by atoms with E-state index in [-0.39, 0.29) is 11.7 Å². The summed E-state index contributed by atoms with van der Waals surface area (Å²) in [5.41, 5.74) is 3.01. The molecule has 0 unspecified atom stereocenters. The predicted molar refractivity (Wildman–Crippen MR) is 64.2 cm³/mol. The zero-order chi connectivity index (χ0) is 11.4. The quantitative estimate of drug-likeness (QED) is 0.760. The van der Waals surface area contributed by atoms with E-state index in [0.717, 1.165) is 16.7 Å². The van der Waals surface area contributed by atoms with Gasteiger partial charge < -0.3 is 0 Å². The van der Waals surface area contributed by atoms with E-state index in [1.807, 2.05) is 36.4 Å². The van der Waals surface area contributed by atoms with Gasteiger partial charge in [0.25, 0.3) is 0 Å². The summed E-state index contributed by atoms with van der Waals surface area (Å²) in [4.78, 5) is 14.9. The number of carbonyl (C=O) groups is 1. The second-order valence-corrected chi connectivity index (χ2v) is 3.85. The molecule has 0 atom stereocenters. The Morgan fingerprint density at radius 2 is 1.81 bits per heavy atom. The van der Waals surface area contributed by atoms with E-state index in [1.165, 1.54) is 0 Å². The lowest BCUT2D eigenvalue weighted by Crippen LogP contribution is -1.96. The lowest BCUT2D eigenvalue weighted by molar-refractivity contribution is -0.111. The van der Waals surface area contributed by atoms with E-state index in [4.69, 9.17) is 11.6 Å². The monoisotopic (exact) mass is 231 g/mol. The van der Waals surface area contributed by atoms with Crippen LogP contribution < -0.4 is 0 Å². The van der Waals surface area contributed by atoms with Crippen molar-refractivity contribution in [3.63, 3.8) is 0 Å². The SMILES string of the molecule is O=C(Cl)Cc1ccccc1-c1ccncc1. The minimum absolute atomic E-state index is 0.250. The van der Waals surface area contributed by atoms with Crippen molar-refractivity contribution in [1.82, 2.24) is 4.98 Å². The molecule has 0 saturated heterocycles. The van der Waals surface area contributed by atoms with Crippen molar-refractivity contribution < 1.29 is 4.79 Å². The second kappa shape index (κ2) is 4.90. The molecule has 2 nitrogen and oxygen atoms in total. The standard InChI is InChI=1S/C13H10ClNO/c14-13(16)9-11-3-1-2-4-12(11)10-5-7-15-8-6-10/h1-8H,9H2. The molecule has 0 aliphatic heterocycles. The molecule has 2 rings (SSSR count). The van der Waals surface area contributed by atoms with Gasteiger partial charge in [0.05, 0.1) is 0 Å². The Bertz CT molecular complexity index is 496. The molecule has 0 spiro atoms. The highest BCUT2D eigenvalue weighted by Crippen LogP contribution is 2.23. The fourth-order valence-corrected chi connectivity index (χ4v) is 1.78. The molecule has 0 saturated carbocycles. The van der Waals surface area contributed by atoms with Crippen molar-refractivity contribution in [1.29, 1.82) is 0 Å². The third-order valence-corrected chi connectivity index (χ3v) is 2.47. The van der Waals surface area contributed by atoms with E-state index >= 15 is 0 Å². The first-order valence-electron chi connectivity index (χ1n) is 4.94. The molecule has 0 aliphatic rings. The topological polar surface area (TPSA) is 30.0 Å². The van der Waals surface area contributed by atoms with Gasteiger partial charge in [0, 0.05) is 18.8 Å². The van der Waals surface area contributed by atoms with Gasteiger partial charge in [-0.05, 0) is 40.4 Å². The number of benzene rings is 1. The van der Waals surface area contributed by atoms with Crippen molar-refractivity contribution >= 4 is 16.8 Å². The molecule has 2 aromatic rings. The van der Waals surface area contributed by atoms with Crippen LogP contribution in [0.25, 0.3) is 11.1 Å². The van der Waals surface area contributed by atoms with Crippen LogP contribution in [0, 0.1) is 0 Å². The highest BCUT2D eigenvalue weighted by molar-refractivity contribution is 6.63. The van der Waals surface area contributed by atoms with Crippen molar-refractivity contribution in [3.8, 4) is 11.1 Å². The maximum absolute atomic E-state index is 10.9. The zero-order valence-corrected chi connectivity index (χ0v) is 9.32. The first-order valence-corrected chi connectivity index (χ1v) is 5.32. The smallest absolute Gasteiger partial charge is 0.226 e. The average molecular weight is 232 g/mol. The van der Waals surface area contributed by atoms with Gasteiger partial charge in [0.1, 0.15) is 0 Å². The average Bonchev–Trinajstić information content (AvgIpc) is 2.30. The highest BCUT2D eigenvalue weighted by Gasteiger charge is 2.06. The second-order valence-electron chi connectivity index (χ2n) is 3.42. The summed E-state index contributed by atoms with van der Waals surface area (Å²) in [5, 5.41) is -0.346. The number of rotatable bonds is 3. The van der Waals surface area contributed by atoms with Gasteiger partial charge in [-0.1, -0.05) is 24.3 Å². The predicted octanol–water partition coefficient (Wildman–Crippen LogP) is 3.06. The molecule has 1 aromatic heterocycles. The number of nitrogens with zero attached hydrogens (tertiary/aromatic N) is 1. The van der Waals surface area contributed by atoms with Crippen LogP contribution in [0.5, 0.6) is 0 Å². The lowest BCUT2D eigenvalue weighted by Gasteiger charge is -2.07. The lowest BCUT2D eigenvalue weighted by atomic mass is 9.99. The third kappa shape index (κ3) is 2.47. The van der Waals surface area contributed by atoms with Gasteiger partial charge in [-0.25, -0.2) is 0 Å². The largest absolute Gasteiger partial charge is 0.281 e. The maximum atomic E-state index is 10.9. The van der Waals surface area contributed by atoms with Crippen LogP contribution in [0.15, 0.2) is 48.8 Å². The fourth-order valence-electron chi connectivity index (χ4n) is 1.64. The molecule has 16 heavy (non-hydrogen) atoms. The molecule has 1 aromatic carbocycles. The van der Waals surface area contributed by atoms with Gasteiger partial charge in [0.2, 0.25) is 5.24 Å². The van der Waals surface area contributed by atoms with Crippen LogP contribution in [-0.4, -0.2) is 10.2 Å². The highest BCUT2D eigenvalue weighted by atomic mass is 35.5. The minimum atomic E-state index is -0.346. The number of hydrogen-bond donors (Lipinski definition) is 0. The zero-order valence-electron chi connectivity index (χ0n) is 8.56. The Hall–Kier alpha value is -1.67. The molecule has 1 heterocycles. The molecule has 0 fully saturated rings. The van der Waals surface area contributed by atoms with E-state index in [1.54, 1.807) is 12.4 Å². The van der Waals surface area contributed by atoms with Gasteiger partial charge in [-0.15, -0.1) is 0 Å². The number of hydrogen-bond acceptors (Lipinski definition) is 2. The summed E-state index contributed by atoms with van der Waals surface area (Å²) < 4.78 is 0. The van der Waals surface area contributed by atoms with Gasteiger partial charge >= 0.3 is 0 Å². The molecule has 0 radical (unpaired) electrons. The third-order valence-electron chi connectivity index (χ3n) is 2.34. The summed E-state index contributed by atoms with van der Waals surface area (Å²) in [6, 6.07) is 11.6. The Kier molecular flexibility index (Phi) is 3.32. The molecule has 80 valence electrons. The van der Waals surface area contributed by atoms with E-state index in [2.05, 4.69) is 4.98 Å². The van der Waals surface area contributed by atoms with Crippen LogP contribution in [0.4, 0.5) is 0 Å². The normalized spacial score (nSPS) is 10.1. The molecule has 0 N–H and O–H groups in total. The van der Waals surface area contributed by atoms with Crippen LogP contribution >= 0.6 is 11.6 Å². The van der Waals surface area contributed by atoms with Crippen LogP contribution in [0.1, 0.15) is 5.56 Å². The summed E-state index contributed by atoms with van der Waals surface area (Å²) >= 11 is 5.42. The first-order chi connectivity index (χ1) is 7.77. The van der Waals surface area contributed by atoms with E-state index < -0.39 is 0 Å². The van der Waals surface area contributed by atoms with Crippen LogP contribution in [-0.2, 0) is 11.2 Å². The fraction of sp³-hybridized carbons (Fsp3) is 0.0769. The molecule has 3 heteroatoms. The van der Waals surface area contributed by atoms with Crippen LogP contribution in [0.2, 0.25) is 0 Å². The Morgan fingerprint density at radius 3 is 2.50 bits per heavy atom. The molecular formula is C13H10ClNO. The Balaban J connectivity index is 2.44. The maximum Gasteiger partial charge on any atom is 0.226 e. The number of halogens is 1. The number of pyridine rings is 1. The molecular weight excluding hydrogens is 222 g/mol. The molecule has 0 amide bonds. The molecule has 0 aliphatic carbocycles. The van der Waals surface area contributed by atoms with Crippen molar-refractivity contribution in [2.45, 2.75) is 6.42 Å². The Morgan fingerprint density at radius 1 is 1.12 bits per heavy atom. The minimum Gasteiger partial charge on any atom is -0.281 e. The Labute approximate surface area is 98.9 Å². The van der Waals surface area contributed by atoms with E-state index in [9.17, 15) is 4.79 Å². The first kappa shape index (κ1) is 10.8. The van der Waals surface area contributed by atoms with Crippen molar-refractivity contribution in [2.24, 2.45) is 0 Å². The summed E-state index contributed by atoms with van der Waals surface area (Å²) in [6.45, 7) is 0. The number of carbonyl (C=O) groups excluding carboxylic acids is 1. The van der Waals surface area contributed by atoms with Gasteiger partial charge in [-0.2, -0.15) is 0 Å². The summed E-state index contributed by atoms with van der Waals surface area (Å²) in [5.74, 6) is 0. The van der Waals surface area contributed by atoms with Crippen LogP contribution in [0.3, 0.4) is 0 Å². The summed E-state index contributed by atoms with van der Waals surface area (Å²) in [6.07, 6.45) is 3.71. The van der Waals surface area contributed by atoms with Crippen molar-refractivity contribution in [2.75, 3.05) is 0 Å².